The third kappa shape index (κ3) is 3.05. The summed E-state index contributed by atoms with van der Waals surface area (Å²) >= 11 is 11.8. The molecule has 0 aromatic heterocycles. The van der Waals surface area contributed by atoms with Gasteiger partial charge < -0.3 is 9.57 Å². The van der Waals surface area contributed by atoms with Gasteiger partial charge in [0.2, 0.25) is 0 Å². The maximum atomic E-state index is 11.9. The van der Waals surface area contributed by atoms with E-state index in [-0.39, 0.29) is 34.0 Å². The van der Waals surface area contributed by atoms with E-state index in [0.29, 0.717) is 5.06 Å². The monoisotopic (exact) mass is 345 g/mol. The number of carbonyl (C=O) groups is 4. The van der Waals surface area contributed by atoms with Crippen molar-refractivity contribution in [3.8, 4) is 0 Å². The van der Waals surface area contributed by atoms with Crippen molar-refractivity contribution >= 4 is 47.0 Å². The van der Waals surface area contributed by atoms with Gasteiger partial charge in [0.15, 0.2) is 0 Å². The number of halogens is 2. The number of benzene rings is 1. The fourth-order valence-electron chi connectivity index (χ4n) is 1.78. The molecule has 0 saturated carbocycles. The second-order valence-electron chi connectivity index (χ2n) is 4.27. The summed E-state index contributed by atoms with van der Waals surface area (Å²) in [7, 11) is 1.15. The number of amides is 2. The van der Waals surface area contributed by atoms with Gasteiger partial charge in [-0.25, -0.2) is 9.59 Å². The standard InChI is InChI=1S/C13H9Cl2NO6/c1-21-13(20)11-7(14)4-6(5-8(11)15)12(19)22-16-9(17)2-3-10(16)18/h4-5H,2-3H2,1H3. The molecule has 2 rings (SSSR count). The van der Waals surface area contributed by atoms with Crippen LogP contribution in [-0.2, 0) is 19.2 Å². The van der Waals surface area contributed by atoms with Crippen LogP contribution in [0.4, 0.5) is 0 Å². The summed E-state index contributed by atoms with van der Waals surface area (Å²) in [4.78, 5) is 50.9. The molecule has 1 aromatic rings. The Morgan fingerprint density at radius 1 is 1.05 bits per heavy atom. The van der Waals surface area contributed by atoms with Crippen LogP contribution in [0.5, 0.6) is 0 Å². The topological polar surface area (TPSA) is 90.0 Å². The zero-order valence-electron chi connectivity index (χ0n) is 11.2. The first-order valence-electron chi connectivity index (χ1n) is 6.00. The average molecular weight is 346 g/mol. The molecule has 0 aliphatic carbocycles. The molecule has 1 aliphatic heterocycles. The Labute approximate surface area is 134 Å². The van der Waals surface area contributed by atoms with Gasteiger partial charge in [0.25, 0.3) is 11.8 Å². The Morgan fingerprint density at radius 2 is 1.55 bits per heavy atom. The molecule has 9 heteroatoms. The number of hydrogen-bond donors (Lipinski definition) is 0. The highest BCUT2D eigenvalue weighted by Crippen LogP contribution is 2.28. The van der Waals surface area contributed by atoms with Gasteiger partial charge in [-0.2, -0.15) is 0 Å². The van der Waals surface area contributed by atoms with E-state index in [4.69, 9.17) is 28.0 Å². The number of ether oxygens (including phenoxy) is 1. The molecule has 1 aliphatic rings. The van der Waals surface area contributed by atoms with Crippen LogP contribution >= 0.6 is 23.2 Å². The van der Waals surface area contributed by atoms with Gasteiger partial charge in [0.1, 0.15) is 0 Å². The summed E-state index contributed by atoms with van der Waals surface area (Å²) in [5.41, 5.74) is -0.217. The lowest BCUT2D eigenvalue weighted by Gasteiger charge is -2.13. The SMILES string of the molecule is COC(=O)c1c(Cl)cc(C(=O)ON2C(=O)CCC2=O)cc1Cl. The number of nitrogens with zero attached hydrogens (tertiary/aromatic N) is 1. The molecule has 1 fully saturated rings. The zero-order valence-corrected chi connectivity index (χ0v) is 12.7. The molecule has 0 radical (unpaired) electrons. The van der Waals surface area contributed by atoms with Crippen molar-refractivity contribution in [1.29, 1.82) is 0 Å². The molecular weight excluding hydrogens is 337 g/mol. The van der Waals surface area contributed by atoms with Crippen molar-refractivity contribution in [2.75, 3.05) is 7.11 Å². The summed E-state index contributed by atoms with van der Waals surface area (Å²) < 4.78 is 4.51. The Bertz CT molecular complexity index is 648. The van der Waals surface area contributed by atoms with Crippen molar-refractivity contribution in [1.82, 2.24) is 5.06 Å². The van der Waals surface area contributed by atoms with Gasteiger partial charge >= 0.3 is 11.9 Å². The number of methoxy groups -OCH3 is 1. The van der Waals surface area contributed by atoms with Crippen molar-refractivity contribution in [3.63, 3.8) is 0 Å². The van der Waals surface area contributed by atoms with Gasteiger partial charge in [-0.1, -0.05) is 23.2 Å². The first-order valence-corrected chi connectivity index (χ1v) is 6.76. The van der Waals surface area contributed by atoms with E-state index in [1.165, 1.54) is 0 Å². The van der Waals surface area contributed by atoms with E-state index in [1.807, 2.05) is 0 Å². The van der Waals surface area contributed by atoms with Gasteiger partial charge in [-0.3, -0.25) is 9.59 Å². The van der Waals surface area contributed by atoms with Gasteiger partial charge in [-0.15, -0.1) is 5.06 Å². The first kappa shape index (κ1) is 16.3. The smallest absolute Gasteiger partial charge is 0.364 e. The van der Waals surface area contributed by atoms with Crippen LogP contribution in [0, 0.1) is 0 Å². The third-order valence-corrected chi connectivity index (χ3v) is 3.44. The van der Waals surface area contributed by atoms with Gasteiger partial charge in [-0.05, 0) is 12.1 Å². The molecule has 0 bridgehead atoms. The Morgan fingerprint density at radius 3 is 2.00 bits per heavy atom. The summed E-state index contributed by atoms with van der Waals surface area (Å²) in [5, 5.41) is 0.161. The maximum Gasteiger partial charge on any atom is 0.364 e. The predicted octanol–water partition coefficient (Wildman–Crippen LogP) is 2.00. The summed E-state index contributed by atoms with van der Waals surface area (Å²) in [6.45, 7) is 0. The van der Waals surface area contributed by atoms with Crippen LogP contribution in [-0.4, -0.2) is 35.9 Å². The van der Waals surface area contributed by atoms with Crippen LogP contribution in [0.2, 0.25) is 10.0 Å². The highest BCUT2D eigenvalue weighted by molar-refractivity contribution is 6.39. The number of hydrogen-bond acceptors (Lipinski definition) is 6. The highest BCUT2D eigenvalue weighted by atomic mass is 35.5. The lowest BCUT2D eigenvalue weighted by atomic mass is 10.1. The molecule has 116 valence electrons. The molecule has 0 spiro atoms. The molecule has 2 amide bonds. The molecular formula is C13H9Cl2NO6. The van der Waals surface area contributed by atoms with Crippen LogP contribution in [0.3, 0.4) is 0 Å². The maximum absolute atomic E-state index is 11.9. The minimum atomic E-state index is -0.996. The minimum absolute atomic E-state index is 0.0189. The fraction of sp³-hybridized carbons (Fsp3) is 0.231. The largest absolute Gasteiger partial charge is 0.465 e. The molecule has 7 nitrogen and oxygen atoms in total. The second kappa shape index (κ2) is 6.33. The summed E-state index contributed by atoms with van der Waals surface area (Å²) in [5.74, 6) is -2.98. The number of esters is 1. The van der Waals surface area contributed by atoms with Crippen molar-refractivity contribution in [2.24, 2.45) is 0 Å². The minimum Gasteiger partial charge on any atom is -0.465 e. The van der Waals surface area contributed by atoms with Crippen LogP contribution in [0.15, 0.2) is 12.1 Å². The van der Waals surface area contributed by atoms with E-state index < -0.39 is 23.8 Å². The lowest BCUT2D eigenvalue weighted by molar-refractivity contribution is -0.172. The van der Waals surface area contributed by atoms with Gasteiger partial charge in [0, 0.05) is 12.8 Å². The Kier molecular flexibility index (Phi) is 4.68. The number of rotatable bonds is 3. The molecule has 22 heavy (non-hydrogen) atoms. The molecule has 0 atom stereocenters. The van der Waals surface area contributed by atoms with E-state index in [2.05, 4.69) is 4.74 Å². The Hall–Kier alpha value is -2.12. The molecule has 0 N–H and O–H groups in total. The molecule has 1 heterocycles. The molecule has 1 aromatic carbocycles. The summed E-state index contributed by atoms with van der Waals surface area (Å²) in [6.07, 6.45) is -0.0379. The zero-order chi connectivity index (χ0) is 16.4. The van der Waals surface area contributed by atoms with Crippen LogP contribution in [0.1, 0.15) is 33.6 Å². The fourth-order valence-corrected chi connectivity index (χ4v) is 2.42. The average Bonchev–Trinajstić information content (AvgIpc) is 2.77. The highest BCUT2D eigenvalue weighted by Gasteiger charge is 2.33. The van der Waals surface area contributed by atoms with E-state index in [1.54, 1.807) is 0 Å². The van der Waals surface area contributed by atoms with Crippen molar-refractivity contribution in [3.05, 3.63) is 33.3 Å². The van der Waals surface area contributed by atoms with E-state index in [0.717, 1.165) is 19.2 Å². The van der Waals surface area contributed by atoms with E-state index in [9.17, 15) is 19.2 Å². The molecule has 1 saturated heterocycles. The second-order valence-corrected chi connectivity index (χ2v) is 5.08. The van der Waals surface area contributed by atoms with Gasteiger partial charge in [0.05, 0.1) is 28.3 Å². The predicted molar refractivity (Wildman–Crippen MR) is 74.3 cm³/mol. The normalized spacial score (nSPS) is 14.2. The Balaban J connectivity index is 2.26. The first-order chi connectivity index (χ1) is 10.3. The number of hydroxylamine groups is 2. The van der Waals surface area contributed by atoms with Crippen molar-refractivity contribution < 1.29 is 28.8 Å². The number of carbonyl (C=O) groups excluding carboxylic acids is 4. The van der Waals surface area contributed by atoms with Crippen LogP contribution in [0.25, 0.3) is 0 Å². The van der Waals surface area contributed by atoms with E-state index >= 15 is 0 Å². The lowest BCUT2D eigenvalue weighted by Crippen LogP contribution is -2.32. The summed E-state index contributed by atoms with van der Waals surface area (Å²) in [6, 6.07) is 2.26. The number of imide groups is 1. The third-order valence-electron chi connectivity index (χ3n) is 2.85. The van der Waals surface area contributed by atoms with Crippen molar-refractivity contribution in [2.45, 2.75) is 12.8 Å². The van der Waals surface area contributed by atoms with Crippen LogP contribution < -0.4 is 0 Å². The molecule has 0 unspecified atom stereocenters. The quantitative estimate of drug-likeness (QED) is 0.614.